The highest BCUT2D eigenvalue weighted by atomic mass is 32.2. The van der Waals surface area contributed by atoms with Gasteiger partial charge < -0.3 is 0 Å². The maximum atomic E-state index is 12.0. The number of aromatic nitrogens is 4. The standard InChI is InChI=1S/C10H12N6O3S/c1-7-9(6-16(2)14-7)20(18,19)15-13-10(17)8-5-11-3-4-12-8/h3-6,15H,1-2H3,(H,13,17). The molecule has 0 unspecified atom stereocenters. The molecule has 0 bridgehead atoms. The van der Waals surface area contributed by atoms with Crippen molar-refractivity contribution in [2.24, 2.45) is 7.05 Å². The van der Waals surface area contributed by atoms with Crippen LogP contribution in [0.4, 0.5) is 0 Å². The third-order valence-corrected chi connectivity index (χ3v) is 3.70. The molecule has 1 amide bonds. The van der Waals surface area contributed by atoms with Crippen LogP contribution in [-0.4, -0.2) is 34.1 Å². The third kappa shape index (κ3) is 2.97. The van der Waals surface area contributed by atoms with Crippen molar-refractivity contribution in [1.82, 2.24) is 30.0 Å². The van der Waals surface area contributed by atoms with E-state index in [0.29, 0.717) is 5.69 Å². The number of rotatable bonds is 4. The van der Waals surface area contributed by atoms with E-state index in [0.717, 1.165) is 0 Å². The van der Waals surface area contributed by atoms with Crippen LogP contribution >= 0.6 is 0 Å². The summed E-state index contributed by atoms with van der Waals surface area (Å²) < 4.78 is 25.3. The lowest BCUT2D eigenvalue weighted by Gasteiger charge is -2.06. The molecule has 10 heteroatoms. The number of hydrazine groups is 1. The Kier molecular flexibility index (Phi) is 3.77. The number of carbonyl (C=O) groups excluding carboxylic acids is 1. The van der Waals surface area contributed by atoms with Crippen molar-refractivity contribution >= 4 is 15.9 Å². The van der Waals surface area contributed by atoms with Gasteiger partial charge in [0.25, 0.3) is 15.9 Å². The second-order valence-corrected chi connectivity index (χ2v) is 5.55. The fraction of sp³-hybridized carbons (Fsp3) is 0.200. The van der Waals surface area contributed by atoms with E-state index in [-0.39, 0.29) is 10.6 Å². The van der Waals surface area contributed by atoms with Crippen LogP contribution in [0.15, 0.2) is 29.7 Å². The van der Waals surface area contributed by atoms with Gasteiger partial charge in [-0.1, -0.05) is 0 Å². The lowest BCUT2D eigenvalue weighted by Crippen LogP contribution is -2.42. The minimum Gasteiger partial charge on any atom is -0.274 e. The normalized spacial score (nSPS) is 11.3. The van der Waals surface area contributed by atoms with Crippen LogP contribution in [0.25, 0.3) is 0 Å². The average Bonchev–Trinajstić information content (AvgIpc) is 2.77. The topological polar surface area (TPSA) is 119 Å². The molecule has 0 radical (unpaired) electrons. The van der Waals surface area contributed by atoms with E-state index in [2.05, 4.69) is 20.5 Å². The second kappa shape index (κ2) is 5.35. The number of carbonyl (C=O) groups is 1. The summed E-state index contributed by atoms with van der Waals surface area (Å²) in [5.41, 5.74) is 2.38. The summed E-state index contributed by atoms with van der Waals surface area (Å²) >= 11 is 0. The number of hydrogen-bond donors (Lipinski definition) is 2. The van der Waals surface area contributed by atoms with Crippen LogP contribution in [0.1, 0.15) is 16.2 Å². The van der Waals surface area contributed by atoms with Gasteiger partial charge in [0.05, 0.1) is 11.9 Å². The highest BCUT2D eigenvalue weighted by molar-refractivity contribution is 7.89. The Morgan fingerprint density at radius 1 is 1.35 bits per heavy atom. The van der Waals surface area contributed by atoms with E-state index in [9.17, 15) is 13.2 Å². The molecule has 0 aliphatic heterocycles. The van der Waals surface area contributed by atoms with Gasteiger partial charge in [-0.2, -0.15) is 5.10 Å². The average molecular weight is 296 g/mol. The smallest absolute Gasteiger partial charge is 0.274 e. The zero-order valence-corrected chi connectivity index (χ0v) is 11.5. The zero-order chi connectivity index (χ0) is 14.8. The molecule has 0 spiro atoms. The van der Waals surface area contributed by atoms with Crippen molar-refractivity contribution in [1.29, 1.82) is 0 Å². The minimum atomic E-state index is -3.89. The van der Waals surface area contributed by atoms with Gasteiger partial charge in [-0.15, -0.1) is 4.83 Å². The number of aryl methyl sites for hydroxylation is 2. The quantitative estimate of drug-likeness (QED) is 0.709. The highest BCUT2D eigenvalue weighted by Crippen LogP contribution is 2.11. The number of nitrogens with one attached hydrogen (secondary N) is 2. The van der Waals surface area contributed by atoms with Crippen LogP contribution < -0.4 is 10.3 Å². The Morgan fingerprint density at radius 2 is 2.10 bits per heavy atom. The van der Waals surface area contributed by atoms with E-state index in [1.165, 1.54) is 29.5 Å². The summed E-state index contributed by atoms with van der Waals surface area (Å²) in [5, 5.41) is 3.93. The molecule has 9 nitrogen and oxygen atoms in total. The molecule has 0 aromatic carbocycles. The molecular weight excluding hydrogens is 284 g/mol. The molecule has 0 saturated carbocycles. The van der Waals surface area contributed by atoms with Gasteiger partial charge in [-0.25, -0.2) is 13.4 Å². The van der Waals surface area contributed by atoms with Gasteiger partial charge in [0.2, 0.25) is 0 Å². The van der Waals surface area contributed by atoms with Crippen molar-refractivity contribution in [2.45, 2.75) is 11.8 Å². The van der Waals surface area contributed by atoms with Gasteiger partial charge in [0.15, 0.2) is 0 Å². The molecule has 2 N–H and O–H groups in total. The first kappa shape index (κ1) is 14.1. The highest BCUT2D eigenvalue weighted by Gasteiger charge is 2.20. The second-order valence-electron chi connectivity index (χ2n) is 3.90. The summed E-state index contributed by atoms with van der Waals surface area (Å²) in [4.78, 5) is 21.1. The first-order chi connectivity index (χ1) is 9.40. The van der Waals surface area contributed by atoms with Gasteiger partial charge in [-0.3, -0.25) is 19.9 Å². The molecular formula is C10H12N6O3S. The third-order valence-electron chi connectivity index (χ3n) is 2.35. The monoisotopic (exact) mass is 296 g/mol. The molecule has 0 atom stereocenters. The maximum absolute atomic E-state index is 12.0. The van der Waals surface area contributed by atoms with E-state index in [1.807, 2.05) is 4.83 Å². The number of nitrogens with zero attached hydrogens (tertiary/aromatic N) is 4. The zero-order valence-electron chi connectivity index (χ0n) is 10.7. The fourth-order valence-electron chi connectivity index (χ4n) is 1.49. The molecule has 0 fully saturated rings. The van der Waals surface area contributed by atoms with Gasteiger partial charge in [0.1, 0.15) is 10.6 Å². The molecule has 106 valence electrons. The van der Waals surface area contributed by atoms with E-state index < -0.39 is 15.9 Å². The van der Waals surface area contributed by atoms with Crippen molar-refractivity contribution < 1.29 is 13.2 Å². The molecule has 20 heavy (non-hydrogen) atoms. The number of hydrogen-bond acceptors (Lipinski definition) is 6. The summed E-state index contributed by atoms with van der Waals surface area (Å²) in [6, 6.07) is 0. The van der Waals surface area contributed by atoms with E-state index in [1.54, 1.807) is 14.0 Å². The summed E-state index contributed by atoms with van der Waals surface area (Å²) in [5.74, 6) is -0.705. The maximum Gasteiger partial charge on any atom is 0.286 e. The summed E-state index contributed by atoms with van der Waals surface area (Å²) in [7, 11) is -2.29. The Hall–Kier alpha value is -2.33. The molecule has 2 rings (SSSR count). The van der Waals surface area contributed by atoms with E-state index in [4.69, 9.17) is 0 Å². The Labute approximate surface area is 115 Å². The van der Waals surface area contributed by atoms with Gasteiger partial charge in [0, 0.05) is 25.6 Å². The van der Waals surface area contributed by atoms with Gasteiger partial charge >= 0.3 is 0 Å². The van der Waals surface area contributed by atoms with Crippen LogP contribution in [0.3, 0.4) is 0 Å². The van der Waals surface area contributed by atoms with Crippen LogP contribution in [-0.2, 0) is 17.1 Å². The van der Waals surface area contributed by atoms with Crippen LogP contribution in [0.5, 0.6) is 0 Å². The predicted molar refractivity (Wildman–Crippen MR) is 67.8 cm³/mol. The van der Waals surface area contributed by atoms with Crippen molar-refractivity contribution in [2.75, 3.05) is 0 Å². The van der Waals surface area contributed by atoms with Crippen molar-refractivity contribution in [3.8, 4) is 0 Å². The number of sulfonamides is 1. The summed E-state index contributed by atoms with van der Waals surface area (Å²) in [6.07, 6.45) is 5.29. The Bertz CT molecular complexity index is 725. The van der Waals surface area contributed by atoms with Crippen molar-refractivity contribution in [3.63, 3.8) is 0 Å². The summed E-state index contributed by atoms with van der Waals surface area (Å²) in [6.45, 7) is 1.55. The largest absolute Gasteiger partial charge is 0.286 e. The molecule has 0 aliphatic rings. The molecule has 0 aliphatic carbocycles. The first-order valence-corrected chi connectivity index (χ1v) is 6.97. The van der Waals surface area contributed by atoms with Gasteiger partial charge in [-0.05, 0) is 6.92 Å². The molecule has 2 aromatic rings. The lowest BCUT2D eigenvalue weighted by molar-refractivity contribution is 0.0939. The lowest BCUT2D eigenvalue weighted by atomic mass is 10.4. The fourth-order valence-corrected chi connectivity index (χ4v) is 2.55. The van der Waals surface area contributed by atoms with E-state index >= 15 is 0 Å². The molecule has 0 saturated heterocycles. The van der Waals surface area contributed by atoms with Crippen LogP contribution in [0.2, 0.25) is 0 Å². The Balaban J connectivity index is 2.11. The number of amides is 1. The molecule has 2 heterocycles. The minimum absolute atomic E-state index is 0.00175. The Morgan fingerprint density at radius 3 is 2.65 bits per heavy atom. The van der Waals surface area contributed by atoms with Crippen molar-refractivity contribution in [3.05, 3.63) is 36.2 Å². The SMILES string of the molecule is Cc1nn(C)cc1S(=O)(=O)NNC(=O)c1cnccn1. The van der Waals surface area contributed by atoms with Crippen LogP contribution in [0, 0.1) is 6.92 Å². The predicted octanol–water partition coefficient (Wildman–Crippen LogP) is -0.858. The molecule has 2 aromatic heterocycles. The first-order valence-electron chi connectivity index (χ1n) is 5.48.